The molecule has 1 atom stereocenters. The number of likely N-dealkylation sites (tertiary alicyclic amines) is 1. The molecule has 6 heteroatoms. The second-order valence-corrected chi connectivity index (χ2v) is 7.60. The Morgan fingerprint density at radius 1 is 1.33 bits per heavy atom. The van der Waals surface area contributed by atoms with Gasteiger partial charge in [0.2, 0.25) is 15.9 Å². The Balaban J connectivity index is 2.03. The Kier molecular flexibility index (Phi) is 4.68. The van der Waals surface area contributed by atoms with Gasteiger partial charge in [-0.1, -0.05) is 24.3 Å². The average Bonchev–Trinajstić information content (AvgIpc) is 2.72. The van der Waals surface area contributed by atoms with Crippen LogP contribution in [0.25, 0.3) is 0 Å². The zero-order chi connectivity index (χ0) is 15.6. The Bertz CT molecular complexity index is 626. The predicted octanol–water partition coefficient (Wildman–Crippen LogP) is 1.42. The molecule has 1 unspecified atom stereocenters. The number of amides is 1. The van der Waals surface area contributed by atoms with Gasteiger partial charge < -0.3 is 4.90 Å². The molecule has 1 aromatic carbocycles. The minimum atomic E-state index is -3.44. The summed E-state index contributed by atoms with van der Waals surface area (Å²) < 4.78 is 27.2. The van der Waals surface area contributed by atoms with Crippen LogP contribution in [0.5, 0.6) is 0 Å². The van der Waals surface area contributed by atoms with Gasteiger partial charge in [-0.25, -0.2) is 13.1 Å². The van der Waals surface area contributed by atoms with E-state index in [0.29, 0.717) is 6.54 Å². The normalized spacial score (nSPS) is 19.5. The number of sulfonamides is 1. The minimum Gasteiger partial charge on any atom is -0.339 e. The largest absolute Gasteiger partial charge is 0.339 e. The van der Waals surface area contributed by atoms with Gasteiger partial charge in [0.25, 0.3) is 0 Å². The Morgan fingerprint density at radius 2 is 2.00 bits per heavy atom. The maximum Gasteiger partial charge on any atom is 0.224 e. The van der Waals surface area contributed by atoms with E-state index in [0.717, 1.165) is 11.1 Å². The van der Waals surface area contributed by atoms with Crippen LogP contribution in [0.4, 0.5) is 0 Å². The molecule has 0 saturated carbocycles. The van der Waals surface area contributed by atoms with Gasteiger partial charge in [0.15, 0.2) is 0 Å². The highest BCUT2D eigenvalue weighted by Crippen LogP contribution is 2.17. The highest BCUT2D eigenvalue weighted by atomic mass is 32.2. The molecule has 2 rings (SSSR count). The van der Waals surface area contributed by atoms with Crippen molar-refractivity contribution in [2.45, 2.75) is 45.0 Å². The molecule has 0 bridgehead atoms. The molecule has 0 spiro atoms. The number of aryl methyl sites for hydroxylation is 1. The summed E-state index contributed by atoms with van der Waals surface area (Å²) in [7, 11) is -3.44. The number of hydrogen-bond donors (Lipinski definition) is 1. The molecular weight excluding hydrogens is 288 g/mol. The van der Waals surface area contributed by atoms with E-state index >= 15 is 0 Å². The van der Waals surface area contributed by atoms with Gasteiger partial charge in [0.1, 0.15) is 0 Å². The molecule has 1 amide bonds. The van der Waals surface area contributed by atoms with Gasteiger partial charge in [-0.05, 0) is 31.9 Å². The predicted molar refractivity (Wildman–Crippen MR) is 82.2 cm³/mol. The second kappa shape index (κ2) is 6.15. The van der Waals surface area contributed by atoms with Crippen LogP contribution in [0, 0.1) is 6.92 Å². The lowest BCUT2D eigenvalue weighted by Gasteiger charge is -2.21. The van der Waals surface area contributed by atoms with Gasteiger partial charge in [0.05, 0.1) is 5.75 Å². The quantitative estimate of drug-likeness (QED) is 0.894. The van der Waals surface area contributed by atoms with E-state index in [4.69, 9.17) is 0 Å². The minimum absolute atomic E-state index is 0.00796. The van der Waals surface area contributed by atoms with E-state index in [9.17, 15) is 13.2 Å². The number of benzene rings is 1. The molecule has 21 heavy (non-hydrogen) atoms. The topological polar surface area (TPSA) is 66.5 Å². The van der Waals surface area contributed by atoms with Crippen LogP contribution in [0.2, 0.25) is 0 Å². The first-order valence-corrected chi connectivity index (χ1v) is 8.77. The lowest BCUT2D eigenvalue weighted by atomic mass is 10.1. The third kappa shape index (κ3) is 4.04. The molecule has 1 saturated heterocycles. The monoisotopic (exact) mass is 310 g/mol. The van der Waals surface area contributed by atoms with Crippen molar-refractivity contribution in [3.8, 4) is 0 Å². The van der Waals surface area contributed by atoms with Crippen LogP contribution in [-0.4, -0.2) is 37.9 Å². The number of nitrogens with zero attached hydrogens (tertiary/aromatic N) is 1. The highest BCUT2D eigenvalue weighted by Gasteiger charge is 2.33. The molecule has 5 nitrogen and oxygen atoms in total. The molecule has 1 aromatic rings. The lowest BCUT2D eigenvalue weighted by Crippen LogP contribution is -2.39. The van der Waals surface area contributed by atoms with Crippen molar-refractivity contribution < 1.29 is 13.2 Å². The fourth-order valence-corrected chi connectivity index (χ4v) is 4.06. The summed E-state index contributed by atoms with van der Waals surface area (Å²) in [5.41, 5.74) is 1.74. The first-order chi connectivity index (χ1) is 9.78. The molecule has 1 aliphatic heterocycles. The number of carbonyl (C=O) groups excluding carboxylic acids is 1. The van der Waals surface area contributed by atoms with Crippen molar-refractivity contribution >= 4 is 15.9 Å². The maximum atomic E-state index is 12.3. The molecule has 1 N–H and O–H groups in total. The summed E-state index contributed by atoms with van der Waals surface area (Å²) >= 11 is 0. The number of nitrogens with one attached hydrogen (secondary N) is 1. The molecule has 0 aliphatic carbocycles. The summed E-state index contributed by atoms with van der Waals surface area (Å²) in [4.78, 5) is 13.5. The van der Waals surface area contributed by atoms with Crippen molar-refractivity contribution in [2.75, 3.05) is 6.54 Å². The van der Waals surface area contributed by atoms with Crippen molar-refractivity contribution in [1.82, 2.24) is 9.62 Å². The van der Waals surface area contributed by atoms with Gasteiger partial charge in [-0.3, -0.25) is 4.79 Å². The van der Waals surface area contributed by atoms with E-state index < -0.39 is 10.0 Å². The number of rotatable bonds is 5. The summed E-state index contributed by atoms with van der Waals surface area (Å²) in [5.74, 6) is -0.0416. The molecule has 0 aromatic heterocycles. The van der Waals surface area contributed by atoms with Gasteiger partial charge in [-0.15, -0.1) is 0 Å². The van der Waals surface area contributed by atoms with Crippen molar-refractivity contribution in [1.29, 1.82) is 0 Å². The molecular formula is C15H22N2O3S. The zero-order valence-electron chi connectivity index (χ0n) is 12.7. The fraction of sp³-hybridized carbons (Fsp3) is 0.533. The third-order valence-electron chi connectivity index (χ3n) is 3.73. The standard InChI is InChI=1S/C15H22N2O3S/c1-11(2)17-9-14(8-15(17)18)16-21(19,20)10-13-7-5-4-6-12(13)3/h4-7,11,14,16H,8-10H2,1-3H3. The zero-order valence-corrected chi connectivity index (χ0v) is 13.5. The lowest BCUT2D eigenvalue weighted by molar-refractivity contribution is -0.129. The van der Waals surface area contributed by atoms with Crippen LogP contribution in [-0.2, 0) is 20.6 Å². The van der Waals surface area contributed by atoms with Crippen molar-refractivity contribution in [2.24, 2.45) is 0 Å². The summed E-state index contributed by atoms with van der Waals surface area (Å²) in [6.07, 6.45) is 0.241. The van der Waals surface area contributed by atoms with Gasteiger partial charge in [-0.2, -0.15) is 0 Å². The van der Waals surface area contributed by atoms with E-state index in [-0.39, 0.29) is 30.2 Å². The maximum absolute atomic E-state index is 12.3. The van der Waals surface area contributed by atoms with Crippen molar-refractivity contribution in [3.05, 3.63) is 35.4 Å². The van der Waals surface area contributed by atoms with Crippen LogP contribution in [0.15, 0.2) is 24.3 Å². The van der Waals surface area contributed by atoms with Crippen LogP contribution < -0.4 is 4.72 Å². The first-order valence-electron chi connectivity index (χ1n) is 7.12. The summed E-state index contributed by atoms with van der Waals surface area (Å²) in [5, 5.41) is 0. The summed E-state index contributed by atoms with van der Waals surface area (Å²) in [6, 6.07) is 7.20. The molecule has 0 radical (unpaired) electrons. The average molecular weight is 310 g/mol. The third-order valence-corrected chi connectivity index (χ3v) is 5.12. The van der Waals surface area contributed by atoms with Crippen LogP contribution >= 0.6 is 0 Å². The van der Waals surface area contributed by atoms with E-state index in [1.54, 1.807) is 4.90 Å². The number of carbonyl (C=O) groups is 1. The van der Waals surface area contributed by atoms with Crippen LogP contribution in [0.1, 0.15) is 31.4 Å². The van der Waals surface area contributed by atoms with Crippen LogP contribution in [0.3, 0.4) is 0 Å². The fourth-order valence-electron chi connectivity index (χ4n) is 2.58. The first kappa shape index (κ1) is 16.0. The molecule has 116 valence electrons. The SMILES string of the molecule is Cc1ccccc1CS(=O)(=O)NC1CC(=O)N(C(C)C)C1. The molecule has 1 fully saturated rings. The van der Waals surface area contributed by atoms with E-state index in [1.807, 2.05) is 45.0 Å². The number of hydrogen-bond acceptors (Lipinski definition) is 3. The van der Waals surface area contributed by atoms with E-state index in [2.05, 4.69) is 4.72 Å². The summed E-state index contributed by atoms with van der Waals surface area (Å²) in [6.45, 7) is 6.21. The second-order valence-electron chi connectivity index (χ2n) is 5.84. The molecule has 1 heterocycles. The van der Waals surface area contributed by atoms with Gasteiger partial charge in [0, 0.05) is 25.0 Å². The Hall–Kier alpha value is -1.40. The van der Waals surface area contributed by atoms with Gasteiger partial charge >= 0.3 is 0 Å². The molecule has 1 aliphatic rings. The Labute approximate surface area is 126 Å². The Morgan fingerprint density at radius 3 is 2.57 bits per heavy atom. The van der Waals surface area contributed by atoms with E-state index in [1.165, 1.54) is 0 Å². The highest BCUT2D eigenvalue weighted by molar-refractivity contribution is 7.88. The smallest absolute Gasteiger partial charge is 0.224 e. The van der Waals surface area contributed by atoms with Crippen molar-refractivity contribution in [3.63, 3.8) is 0 Å².